The summed E-state index contributed by atoms with van der Waals surface area (Å²) in [5.74, 6) is 0.533. The fourth-order valence-corrected chi connectivity index (χ4v) is 3.79. The van der Waals surface area contributed by atoms with Crippen LogP contribution in [0.4, 0.5) is 5.69 Å². The van der Waals surface area contributed by atoms with E-state index < -0.39 is 0 Å². The molecule has 0 atom stereocenters. The second-order valence-electron chi connectivity index (χ2n) is 8.77. The fraction of sp³-hybridized carbons (Fsp3) is 0.560. The average Bonchev–Trinajstić information content (AvgIpc) is 2.69. The number of carbonyl (C=O) groups excluding carboxylic acids is 1. The van der Waals surface area contributed by atoms with Crippen molar-refractivity contribution >= 4 is 17.5 Å². The van der Waals surface area contributed by atoms with Crippen molar-refractivity contribution in [2.45, 2.75) is 66.2 Å². The van der Waals surface area contributed by atoms with Gasteiger partial charge in [0, 0.05) is 36.8 Å². The van der Waals surface area contributed by atoms with Gasteiger partial charge in [-0.05, 0) is 42.4 Å². The minimum atomic E-state index is -0.175. The minimum absolute atomic E-state index is 0.0959. The number of allylic oxidation sites excluding steroid dienone is 3. The lowest BCUT2D eigenvalue weighted by atomic mass is 9.76. The number of nitrogens with zero attached hydrogens (tertiary/aromatic N) is 1. The number of aliphatic hydroxyl groups excluding tert-OH is 1. The van der Waals surface area contributed by atoms with Gasteiger partial charge in [-0.1, -0.05) is 52.7 Å². The summed E-state index contributed by atoms with van der Waals surface area (Å²) in [6.07, 6.45) is 9.56. The molecule has 0 bridgehead atoms. The Labute approximate surface area is 176 Å². The number of methoxy groups -OCH3 is 1. The summed E-state index contributed by atoms with van der Waals surface area (Å²) < 4.78 is 5.65. The van der Waals surface area contributed by atoms with Crippen molar-refractivity contribution in [2.24, 2.45) is 5.41 Å². The Morgan fingerprint density at radius 1 is 1.10 bits per heavy atom. The van der Waals surface area contributed by atoms with Crippen LogP contribution < -0.4 is 9.64 Å². The Balaban J connectivity index is 2.27. The van der Waals surface area contributed by atoms with Crippen LogP contribution >= 0.6 is 0 Å². The van der Waals surface area contributed by atoms with Gasteiger partial charge in [0.25, 0.3) is 0 Å². The second kappa shape index (κ2) is 10.5. The lowest BCUT2D eigenvalue weighted by molar-refractivity contribution is -0.120. The maximum absolute atomic E-state index is 12.1. The summed E-state index contributed by atoms with van der Waals surface area (Å²) in [7, 11) is 1.68. The van der Waals surface area contributed by atoms with E-state index in [2.05, 4.69) is 50.8 Å². The average molecular weight is 400 g/mol. The molecule has 0 aliphatic heterocycles. The molecule has 29 heavy (non-hydrogen) atoms. The molecule has 0 saturated carbocycles. The molecule has 4 heteroatoms. The molecule has 1 aromatic carbocycles. The molecule has 0 aromatic heterocycles. The summed E-state index contributed by atoms with van der Waals surface area (Å²) in [5.41, 5.74) is 2.69. The number of hydrogen-bond donors (Lipinski definition) is 1. The van der Waals surface area contributed by atoms with Gasteiger partial charge in [0.15, 0.2) is 11.5 Å². The quantitative estimate of drug-likeness (QED) is 0.500. The summed E-state index contributed by atoms with van der Waals surface area (Å²) in [6.45, 7) is 10.6. The Bertz CT molecular complexity index is 753. The lowest BCUT2D eigenvalue weighted by Crippen LogP contribution is -2.25. The molecule has 0 heterocycles. The number of unbranched alkanes of at least 4 members (excludes halogenated alkanes) is 2. The number of anilines is 1. The van der Waals surface area contributed by atoms with Crippen LogP contribution in [-0.4, -0.2) is 31.1 Å². The van der Waals surface area contributed by atoms with E-state index in [1.54, 1.807) is 7.11 Å². The number of aliphatic hydroxyl groups is 1. The lowest BCUT2D eigenvalue weighted by Gasteiger charge is -2.29. The van der Waals surface area contributed by atoms with E-state index in [4.69, 9.17) is 4.74 Å². The normalized spacial score (nSPS) is 16.5. The van der Waals surface area contributed by atoms with Gasteiger partial charge >= 0.3 is 0 Å². The van der Waals surface area contributed by atoms with Gasteiger partial charge in [0.1, 0.15) is 5.75 Å². The molecule has 2 rings (SSSR count). The monoisotopic (exact) mass is 399 g/mol. The van der Waals surface area contributed by atoms with Gasteiger partial charge in [-0.25, -0.2) is 0 Å². The molecule has 160 valence electrons. The molecule has 0 spiro atoms. The minimum Gasteiger partial charge on any atom is -0.504 e. The molecule has 0 unspecified atom stereocenters. The van der Waals surface area contributed by atoms with Crippen molar-refractivity contribution in [2.75, 3.05) is 25.1 Å². The molecule has 0 amide bonds. The van der Waals surface area contributed by atoms with Crippen molar-refractivity contribution in [1.29, 1.82) is 0 Å². The van der Waals surface area contributed by atoms with Crippen molar-refractivity contribution in [3.63, 3.8) is 0 Å². The number of rotatable bonds is 10. The van der Waals surface area contributed by atoms with E-state index in [-0.39, 0.29) is 17.0 Å². The van der Waals surface area contributed by atoms with E-state index in [0.29, 0.717) is 18.4 Å². The van der Waals surface area contributed by atoms with E-state index in [1.807, 2.05) is 12.2 Å². The first-order chi connectivity index (χ1) is 13.8. The van der Waals surface area contributed by atoms with E-state index in [9.17, 15) is 9.90 Å². The van der Waals surface area contributed by atoms with Crippen LogP contribution in [0.2, 0.25) is 0 Å². The zero-order chi connectivity index (χ0) is 21.4. The molecular formula is C25H37NO3. The SMILES string of the molecule is CCCCN(CCCC)c1ccc(/C=C/C2=C(O)C(=O)CC(C)(C)C2)c(OC)c1. The van der Waals surface area contributed by atoms with Crippen LogP contribution in [0, 0.1) is 5.41 Å². The Hall–Kier alpha value is -2.23. The highest BCUT2D eigenvalue weighted by molar-refractivity contribution is 5.96. The highest BCUT2D eigenvalue weighted by Gasteiger charge is 2.31. The summed E-state index contributed by atoms with van der Waals surface area (Å²) in [4.78, 5) is 14.5. The van der Waals surface area contributed by atoms with Gasteiger partial charge in [0.2, 0.25) is 0 Å². The molecule has 1 aliphatic rings. The third-order valence-corrected chi connectivity index (χ3v) is 5.49. The van der Waals surface area contributed by atoms with Crippen LogP contribution in [-0.2, 0) is 4.79 Å². The van der Waals surface area contributed by atoms with Crippen molar-refractivity contribution < 1.29 is 14.6 Å². The van der Waals surface area contributed by atoms with Crippen LogP contribution in [0.1, 0.15) is 71.8 Å². The fourth-order valence-electron chi connectivity index (χ4n) is 3.79. The molecule has 1 N–H and O–H groups in total. The van der Waals surface area contributed by atoms with Crippen molar-refractivity contribution in [1.82, 2.24) is 0 Å². The van der Waals surface area contributed by atoms with Gasteiger partial charge in [-0.3, -0.25) is 4.79 Å². The second-order valence-corrected chi connectivity index (χ2v) is 8.77. The molecule has 0 saturated heterocycles. The van der Waals surface area contributed by atoms with E-state index in [0.717, 1.165) is 24.4 Å². The van der Waals surface area contributed by atoms with Crippen LogP contribution in [0.5, 0.6) is 5.75 Å². The van der Waals surface area contributed by atoms with Crippen molar-refractivity contribution in [3.8, 4) is 5.75 Å². The van der Waals surface area contributed by atoms with Crippen LogP contribution in [0.15, 0.2) is 35.6 Å². The third kappa shape index (κ3) is 6.38. The van der Waals surface area contributed by atoms with Gasteiger partial charge < -0.3 is 14.7 Å². The van der Waals surface area contributed by atoms with Crippen LogP contribution in [0.25, 0.3) is 6.08 Å². The summed E-state index contributed by atoms with van der Waals surface area (Å²) in [6, 6.07) is 6.29. The summed E-state index contributed by atoms with van der Waals surface area (Å²) in [5, 5.41) is 10.2. The Morgan fingerprint density at radius 2 is 1.76 bits per heavy atom. The first kappa shape index (κ1) is 23.1. The van der Waals surface area contributed by atoms with Gasteiger partial charge in [-0.15, -0.1) is 0 Å². The molecule has 1 aromatic rings. The smallest absolute Gasteiger partial charge is 0.197 e. The maximum atomic E-state index is 12.1. The highest BCUT2D eigenvalue weighted by Crippen LogP contribution is 2.37. The third-order valence-electron chi connectivity index (χ3n) is 5.49. The van der Waals surface area contributed by atoms with Crippen LogP contribution in [0.3, 0.4) is 0 Å². The Kier molecular flexibility index (Phi) is 8.36. The number of ketones is 1. The molecular weight excluding hydrogens is 362 g/mol. The number of Topliss-reactive ketones (excluding diaryl/α,β-unsaturated/α-hetero) is 1. The maximum Gasteiger partial charge on any atom is 0.197 e. The molecule has 4 nitrogen and oxygen atoms in total. The number of carbonyl (C=O) groups is 1. The predicted octanol–water partition coefficient (Wildman–Crippen LogP) is 6.32. The molecule has 0 radical (unpaired) electrons. The molecule has 0 fully saturated rings. The van der Waals surface area contributed by atoms with Crippen molar-refractivity contribution in [3.05, 3.63) is 41.2 Å². The first-order valence-electron chi connectivity index (χ1n) is 10.9. The predicted molar refractivity (Wildman–Crippen MR) is 122 cm³/mol. The number of benzene rings is 1. The number of ether oxygens (including phenoxy) is 1. The zero-order valence-corrected chi connectivity index (χ0v) is 18.8. The van der Waals surface area contributed by atoms with Gasteiger partial charge in [0.05, 0.1) is 7.11 Å². The largest absolute Gasteiger partial charge is 0.504 e. The summed E-state index contributed by atoms with van der Waals surface area (Å²) >= 11 is 0. The Morgan fingerprint density at radius 3 is 2.34 bits per heavy atom. The standard InChI is InChI=1S/C25H37NO3/c1-6-8-14-26(15-9-7-2)21-13-12-19(23(16-21)29-5)10-11-20-17-25(3,4)18-22(27)24(20)28/h10-13,16,28H,6-9,14-15,17-18H2,1-5H3/b11-10+. The topological polar surface area (TPSA) is 49.8 Å². The molecule has 1 aliphatic carbocycles. The number of hydrogen-bond acceptors (Lipinski definition) is 4. The van der Waals surface area contributed by atoms with Gasteiger partial charge in [-0.2, -0.15) is 0 Å². The van der Waals surface area contributed by atoms with E-state index >= 15 is 0 Å². The van der Waals surface area contributed by atoms with E-state index in [1.165, 1.54) is 31.4 Å². The highest BCUT2D eigenvalue weighted by atomic mass is 16.5. The zero-order valence-electron chi connectivity index (χ0n) is 18.8. The first-order valence-corrected chi connectivity index (χ1v) is 10.9.